The predicted octanol–water partition coefficient (Wildman–Crippen LogP) is 5.10. The number of amidine groups is 1. The number of halogens is 3. The molecule has 5 nitrogen and oxygen atoms in total. The molecule has 0 unspecified atom stereocenters. The minimum atomic E-state index is -0.251. The van der Waals surface area contributed by atoms with E-state index in [1.807, 2.05) is 18.2 Å². The van der Waals surface area contributed by atoms with Gasteiger partial charge in [-0.1, -0.05) is 40.9 Å². The van der Waals surface area contributed by atoms with Crippen molar-refractivity contribution in [3.8, 4) is 0 Å². The minimum Gasteiger partial charge on any atom is -0.300 e. The molecule has 0 aliphatic carbocycles. The van der Waals surface area contributed by atoms with Crippen molar-refractivity contribution in [3.63, 3.8) is 0 Å². The van der Waals surface area contributed by atoms with Crippen molar-refractivity contribution in [1.82, 2.24) is 15.3 Å². The predicted molar refractivity (Wildman–Crippen MR) is 118 cm³/mol. The van der Waals surface area contributed by atoms with Gasteiger partial charge in [0.05, 0.1) is 26.0 Å². The third-order valence-corrected chi connectivity index (χ3v) is 5.34. The Balaban J connectivity index is 0.00000225. The monoisotopic (exact) mass is 457 g/mol. The Morgan fingerprint density at radius 3 is 2.39 bits per heavy atom. The van der Waals surface area contributed by atoms with Crippen LogP contribution >= 0.6 is 46.6 Å². The van der Waals surface area contributed by atoms with Crippen LogP contribution in [0.4, 0.5) is 5.69 Å². The summed E-state index contributed by atoms with van der Waals surface area (Å²) in [5.74, 6) is -0.251. The molecule has 2 heterocycles. The van der Waals surface area contributed by atoms with Crippen LogP contribution < -0.4 is 5.32 Å². The molecule has 1 aromatic heterocycles. The number of carbonyl (C=O) groups is 1. The number of hydrogen-bond acceptors (Lipinski definition) is 5. The quantitative estimate of drug-likeness (QED) is 0.428. The van der Waals surface area contributed by atoms with Crippen molar-refractivity contribution in [2.45, 2.75) is 0 Å². The number of aromatic nitrogens is 2. The van der Waals surface area contributed by atoms with Crippen molar-refractivity contribution in [2.75, 3.05) is 0 Å². The van der Waals surface area contributed by atoms with E-state index in [0.29, 0.717) is 30.8 Å². The van der Waals surface area contributed by atoms with Crippen LogP contribution in [0.15, 0.2) is 52.6 Å². The summed E-state index contributed by atoms with van der Waals surface area (Å²) in [5, 5.41) is 4.12. The molecular weight excluding hydrogens is 450 g/mol. The van der Waals surface area contributed by atoms with Gasteiger partial charge in [-0.2, -0.15) is 0 Å². The Morgan fingerprint density at radius 1 is 1.00 bits per heavy atom. The maximum Gasteiger partial charge on any atom is 0.264 e. The normalized spacial score (nSPS) is 16.5. The van der Waals surface area contributed by atoms with Gasteiger partial charge in [-0.05, 0) is 47.7 Å². The molecule has 3 aromatic rings. The Bertz CT molecular complexity index is 1130. The van der Waals surface area contributed by atoms with E-state index >= 15 is 0 Å². The van der Waals surface area contributed by atoms with E-state index in [9.17, 15) is 4.79 Å². The van der Waals surface area contributed by atoms with Crippen LogP contribution in [0.1, 0.15) is 5.56 Å². The van der Waals surface area contributed by atoms with E-state index in [1.165, 1.54) is 11.8 Å². The van der Waals surface area contributed by atoms with Gasteiger partial charge in [-0.25, -0.2) is 4.99 Å². The van der Waals surface area contributed by atoms with Gasteiger partial charge in [0.25, 0.3) is 5.91 Å². The van der Waals surface area contributed by atoms with Crippen molar-refractivity contribution in [2.24, 2.45) is 4.99 Å². The van der Waals surface area contributed by atoms with Crippen LogP contribution in [0, 0.1) is 0 Å². The molecule has 1 fully saturated rings. The van der Waals surface area contributed by atoms with E-state index in [2.05, 4.69) is 20.3 Å². The van der Waals surface area contributed by atoms with E-state index < -0.39 is 0 Å². The van der Waals surface area contributed by atoms with Crippen LogP contribution in [-0.4, -0.2) is 50.6 Å². The van der Waals surface area contributed by atoms with E-state index in [1.54, 1.807) is 30.6 Å². The Labute approximate surface area is 201 Å². The summed E-state index contributed by atoms with van der Waals surface area (Å²) in [6.07, 6.45) is 5.03. The molecule has 0 bridgehead atoms. The Kier molecular flexibility index (Phi) is 7.04. The molecule has 1 amide bonds. The zero-order chi connectivity index (χ0) is 19.0. The zero-order valence-corrected chi connectivity index (χ0v) is 19.5. The fraction of sp³-hybridized carbons (Fsp3) is 0. The number of amides is 1. The van der Waals surface area contributed by atoms with Gasteiger partial charge in [0.15, 0.2) is 5.17 Å². The van der Waals surface area contributed by atoms with Gasteiger partial charge in [-0.3, -0.25) is 14.8 Å². The summed E-state index contributed by atoms with van der Waals surface area (Å²) in [6.45, 7) is 0. The molecule has 1 aliphatic rings. The van der Waals surface area contributed by atoms with E-state index in [0.717, 1.165) is 16.6 Å². The second kappa shape index (κ2) is 9.13. The van der Waals surface area contributed by atoms with Gasteiger partial charge in [0, 0.05) is 47.0 Å². The summed E-state index contributed by atoms with van der Waals surface area (Å²) < 4.78 is 0. The SMILES string of the molecule is O=C1NC(=Nc2c(Cl)cc(Cl)cc2Cl)S/C1=C\c1ccc2nccnc2c1.[Na]. The molecule has 1 N–H and O–H groups in total. The summed E-state index contributed by atoms with van der Waals surface area (Å²) in [5.41, 5.74) is 2.73. The van der Waals surface area contributed by atoms with E-state index in [-0.39, 0.29) is 35.5 Å². The third kappa shape index (κ3) is 4.71. The number of fused-ring (bicyclic) bond motifs is 1. The average molecular weight is 459 g/mol. The zero-order valence-electron chi connectivity index (χ0n) is 14.4. The van der Waals surface area contributed by atoms with E-state index in [4.69, 9.17) is 34.8 Å². The third-order valence-electron chi connectivity index (χ3n) is 3.64. The number of rotatable bonds is 2. The van der Waals surface area contributed by atoms with Gasteiger partial charge in [0.1, 0.15) is 5.69 Å². The molecule has 1 aliphatic heterocycles. The maximum atomic E-state index is 12.3. The fourth-order valence-corrected chi connectivity index (χ4v) is 4.17. The largest absolute Gasteiger partial charge is 0.300 e. The molecule has 4 rings (SSSR count). The maximum absolute atomic E-state index is 12.3. The Morgan fingerprint density at radius 2 is 1.68 bits per heavy atom. The number of nitrogens with one attached hydrogen (secondary N) is 1. The molecule has 2 aromatic carbocycles. The first-order valence-electron chi connectivity index (χ1n) is 7.64. The number of aliphatic imine (C=N–C) groups is 1. The average Bonchev–Trinajstić information content (AvgIpc) is 2.97. The topological polar surface area (TPSA) is 67.2 Å². The van der Waals surface area contributed by atoms with Gasteiger partial charge in [-0.15, -0.1) is 0 Å². The molecule has 1 saturated heterocycles. The van der Waals surface area contributed by atoms with Crippen molar-refractivity contribution in [3.05, 3.63) is 68.3 Å². The smallest absolute Gasteiger partial charge is 0.264 e. The van der Waals surface area contributed by atoms with Crippen molar-refractivity contribution < 1.29 is 4.79 Å². The Hall–Kier alpha value is -1.12. The first-order chi connectivity index (χ1) is 13.0. The van der Waals surface area contributed by atoms with Crippen LogP contribution in [0.25, 0.3) is 17.1 Å². The van der Waals surface area contributed by atoms with Crippen molar-refractivity contribution in [1.29, 1.82) is 0 Å². The number of carbonyl (C=O) groups excluding carboxylic acids is 1. The van der Waals surface area contributed by atoms with Gasteiger partial charge < -0.3 is 5.32 Å². The molecular formula is C18H9Cl3N4NaOS. The molecule has 28 heavy (non-hydrogen) atoms. The molecule has 0 atom stereocenters. The number of nitrogens with zero attached hydrogens (tertiary/aromatic N) is 3. The number of hydrogen-bond donors (Lipinski definition) is 1. The number of thioether (sulfide) groups is 1. The van der Waals surface area contributed by atoms with Crippen LogP contribution in [0.3, 0.4) is 0 Å². The summed E-state index contributed by atoms with van der Waals surface area (Å²) in [7, 11) is 0. The second-order valence-electron chi connectivity index (χ2n) is 5.50. The second-order valence-corrected chi connectivity index (χ2v) is 7.79. The molecule has 1 radical (unpaired) electrons. The summed E-state index contributed by atoms with van der Waals surface area (Å²) in [6, 6.07) is 8.69. The van der Waals surface area contributed by atoms with Crippen LogP contribution in [-0.2, 0) is 4.79 Å². The minimum absolute atomic E-state index is 0. The number of benzene rings is 2. The van der Waals surface area contributed by atoms with Gasteiger partial charge in [0.2, 0.25) is 0 Å². The molecule has 0 saturated carbocycles. The first kappa shape index (κ1) is 21.6. The summed E-state index contributed by atoms with van der Waals surface area (Å²) >= 11 is 19.4. The van der Waals surface area contributed by atoms with Crippen LogP contribution in [0.5, 0.6) is 0 Å². The van der Waals surface area contributed by atoms with Crippen molar-refractivity contribution >= 4 is 110 Å². The first-order valence-corrected chi connectivity index (χ1v) is 9.59. The molecule has 0 spiro atoms. The van der Waals surface area contributed by atoms with Gasteiger partial charge >= 0.3 is 0 Å². The molecule has 135 valence electrons. The molecule has 10 heteroatoms. The fourth-order valence-electron chi connectivity index (χ4n) is 2.44. The summed E-state index contributed by atoms with van der Waals surface area (Å²) in [4.78, 5) is 25.6. The standard InChI is InChI=1S/C18H9Cl3N4OS.Na/c19-10-7-11(20)16(12(21)8-10)24-18-25-17(26)15(27-18)6-9-1-2-13-14(5-9)23-4-3-22-13;/h1-8H,(H,24,25,26);/b15-6-;. The van der Waals surface area contributed by atoms with Crippen LogP contribution in [0.2, 0.25) is 15.1 Å².